The van der Waals surface area contributed by atoms with Gasteiger partial charge in [-0.15, -0.1) is 24.0 Å². The van der Waals surface area contributed by atoms with Gasteiger partial charge in [0.2, 0.25) is 0 Å². The van der Waals surface area contributed by atoms with Gasteiger partial charge in [0.05, 0.1) is 7.11 Å². The van der Waals surface area contributed by atoms with E-state index in [-0.39, 0.29) is 24.0 Å². The number of benzene rings is 2. The molecule has 0 radical (unpaired) electrons. The maximum atomic E-state index is 12.3. The lowest BCUT2D eigenvalue weighted by molar-refractivity contribution is 0.414. The van der Waals surface area contributed by atoms with Gasteiger partial charge in [-0.05, 0) is 29.7 Å². The maximum Gasteiger partial charge on any atom is 0.193 e. The number of hydrogen-bond acceptors (Lipinski definition) is 3. The van der Waals surface area contributed by atoms with Crippen molar-refractivity contribution in [2.24, 2.45) is 4.99 Å². The summed E-state index contributed by atoms with van der Waals surface area (Å²) in [4.78, 5) is 6.71. The van der Waals surface area contributed by atoms with Gasteiger partial charge in [-0.2, -0.15) is 0 Å². The standard InChI is InChI=1S/C22H29N3O2S.HI/c1-23-22(24-13-15-28(26)17-18-6-4-3-5-7-18)25-14-12-20(16-25)19-8-10-21(27-2)11-9-19;/h3-11,20H,12-17H2,1-2H3,(H,23,24);1H. The average Bonchev–Trinajstić information content (AvgIpc) is 3.22. The highest BCUT2D eigenvalue weighted by atomic mass is 127. The fourth-order valence-corrected chi connectivity index (χ4v) is 4.58. The molecule has 1 aliphatic rings. The van der Waals surface area contributed by atoms with Gasteiger partial charge in [-0.25, -0.2) is 0 Å². The van der Waals surface area contributed by atoms with Crippen molar-refractivity contribution < 1.29 is 8.95 Å². The third kappa shape index (κ3) is 6.99. The van der Waals surface area contributed by atoms with Crippen molar-refractivity contribution in [3.05, 3.63) is 65.7 Å². The van der Waals surface area contributed by atoms with Crippen molar-refractivity contribution in [3.8, 4) is 5.75 Å². The van der Waals surface area contributed by atoms with Crippen LogP contribution in [0, 0.1) is 0 Å². The van der Waals surface area contributed by atoms with Crippen LogP contribution in [0.25, 0.3) is 0 Å². The van der Waals surface area contributed by atoms with E-state index in [2.05, 4.69) is 27.3 Å². The monoisotopic (exact) mass is 527 g/mol. The Hall–Kier alpha value is -1.61. The highest BCUT2D eigenvalue weighted by Crippen LogP contribution is 2.28. The smallest absolute Gasteiger partial charge is 0.193 e. The topological polar surface area (TPSA) is 53.9 Å². The summed E-state index contributed by atoms with van der Waals surface area (Å²) in [6.07, 6.45) is 1.10. The molecule has 1 fully saturated rings. The largest absolute Gasteiger partial charge is 0.497 e. The Morgan fingerprint density at radius 3 is 2.59 bits per heavy atom. The fraction of sp³-hybridized carbons (Fsp3) is 0.409. The molecule has 1 heterocycles. The summed E-state index contributed by atoms with van der Waals surface area (Å²) in [7, 11) is 2.62. The second kappa shape index (κ2) is 12.2. The number of nitrogens with zero attached hydrogens (tertiary/aromatic N) is 2. The number of ether oxygens (including phenoxy) is 1. The Kier molecular flexibility index (Phi) is 9.93. The summed E-state index contributed by atoms with van der Waals surface area (Å²) in [6.45, 7) is 2.58. The lowest BCUT2D eigenvalue weighted by atomic mass is 9.98. The molecular weight excluding hydrogens is 497 g/mol. The van der Waals surface area contributed by atoms with Crippen LogP contribution < -0.4 is 10.1 Å². The number of hydrogen-bond donors (Lipinski definition) is 1. The van der Waals surface area contributed by atoms with E-state index in [0.29, 0.717) is 24.0 Å². The van der Waals surface area contributed by atoms with E-state index in [1.807, 2.05) is 49.5 Å². The van der Waals surface area contributed by atoms with Crippen LogP contribution in [0.3, 0.4) is 0 Å². The highest BCUT2D eigenvalue weighted by Gasteiger charge is 2.26. The molecule has 158 valence electrons. The number of aliphatic imine (C=N–C) groups is 1. The van der Waals surface area contributed by atoms with Gasteiger partial charge in [0.15, 0.2) is 5.96 Å². The number of guanidine groups is 1. The Morgan fingerprint density at radius 2 is 1.93 bits per heavy atom. The summed E-state index contributed by atoms with van der Waals surface area (Å²) in [5.41, 5.74) is 2.45. The maximum absolute atomic E-state index is 12.3. The zero-order chi connectivity index (χ0) is 19.8. The fourth-order valence-electron chi connectivity index (χ4n) is 3.54. The molecule has 29 heavy (non-hydrogen) atoms. The molecule has 2 unspecified atom stereocenters. The van der Waals surface area contributed by atoms with E-state index in [1.54, 1.807) is 7.11 Å². The van der Waals surface area contributed by atoms with Crippen LogP contribution in [-0.2, 0) is 16.6 Å². The first-order valence-electron chi connectivity index (χ1n) is 9.68. The van der Waals surface area contributed by atoms with Crippen LogP contribution in [0.2, 0.25) is 0 Å². The number of halogens is 1. The van der Waals surface area contributed by atoms with E-state index < -0.39 is 10.8 Å². The van der Waals surface area contributed by atoms with Gasteiger partial charge < -0.3 is 15.0 Å². The first-order valence-corrected chi connectivity index (χ1v) is 11.2. The molecule has 0 aliphatic carbocycles. The Morgan fingerprint density at radius 1 is 1.21 bits per heavy atom. The van der Waals surface area contributed by atoms with Crippen LogP contribution >= 0.6 is 24.0 Å². The van der Waals surface area contributed by atoms with Gasteiger partial charge >= 0.3 is 0 Å². The zero-order valence-electron chi connectivity index (χ0n) is 17.0. The summed E-state index contributed by atoms with van der Waals surface area (Å²) in [6, 6.07) is 18.3. The molecule has 3 rings (SSSR count). The average molecular weight is 527 g/mol. The molecule has 1 saturated heterocycles. The first-order chi connectivity index (χ1) is 13.7. The normalized spacial score (nSPS) is 17.5. The molecule has 1 N–H and O–H groups in total. The van der Waals surface area contributed by atoms with Gasteiger partial charge in [0.25, 0.3) is 0 Å². The Bertz CT molecular complexity index is 799. The molecule has 2 atom stereocenters. The van der Waals surface area contributed by atoms with Gasteiger partial charge in [0, 0.05) is 54.9 Å². The minimum atomic E-state index is -0.879. The van der Waals surface area contributed by atoms with E-state index in [0.717, 1.165) is 36.8 Å². The van der Waals surface area contributed by atoms with Crippen LogP contribution in [0.4, 0.5) is 0 Å². The van der Waals surface area contributed by atoms with Crippen LogP contribution in [0.5, 0.6) is 5.75 Å². The Balaban J connectivity index is 0.00000300. The lowest BCUT2D eigenvalue weighted by Gasteiger charge is -2.21. The van der Waals surface area contributed by atoms with Gasteiger partial charge in [-0.3, -0.25) is 9.20 Å². The molecule has 0 bridgehead atoms. The number of nitrogens with one attached hydrogen (secondary N) is 1. The van der Waals surface area contributed by atoms with Crippen LogP contribution in [0.1, 0.15) is 23.5 Å². The molecule has 1 aliphatic heterocycles. The van der Waals surface area contributed by atoms with Gasteiger partial charge in [0.1, 0.15) is 5.75 Å². The molecule has 0 aromatic heterocycles. The molecule has 2 aromatic rings. The SMILES string of the molecule is CN=C(NCCS(=O)Cc1ccccc1)N1CCC(c2ccc(OC)cc2)C1.I. The Labute approximate surface area is 193 Å². The lowest BCUT2D eigenvalue weighted by Crippen LogP contribution is -2.41. The summed E-state index contributed by atoms with van der Waals surface area (Å²) < 4.78 is 17.5. The number of methoxy groups -OCH3 is 1. The van der Waals surface area contributed by atoms with Crippen molar-refractivity contribution >= 4 is 40.7 Å². The van der Waals surface area contributed by atoms with E-state index in [4.69, 9.17) is 4.74 Å². The predicted molar refractivity (Wildman–Crippen MR) is 132 cm³/mol. The molecule has 7 heteroatoms. The van der Waals surface area contributed by atoms with Crippen molar-refractivity contribution in [2.75, 3.05) is 39.5 Å². The van der Waals surface area contributed by atoms with Crippen molar-refractivity contribution in [3.63, 3.8) is 0 Å². The molecular formula is C22H30IN3O2S. The summed E-state index contributed by atoms with van der Waals surface area (Å²) in [5, 5.41) is 3.38. The van der Waals surface area contributed by atoms with Crippen LogP contribution in [0.15, 0.2) is 59.6 Å². The van der Waals surface area contributed by atoms with Crippen molar-refractivity contribution in [2.45, 2.75) is 18.1 Å². The summed E-state index contributed by atoms with van der Waals surface area (Å²) >= 11 is 0. The highest BCUT2D eigenvalue weighted by molar-refractivity contribution is 14.0. The van der Waals surface area contributed by atoms with Crippen molar-refractivity contribution in [1.82, 2.24) is 10.2 Å². The third-order valence-corrected chi connectivity index (χ3v) is 6.38. The molecule has 0 amide bonds. The second-order valence-corrected chi connectivity index (χ2v) is 8.53. The zero-order valence-corrected chi connectivity index (χ0v) is 20.2. The van der Waals surface area contributed by atoms with Crippen LogP contribution in [-0.4, -0.2) is 54.6 Å². The minimum Gasteiger partial charge on any atom is -0.497 e. The predicted octanol–water partition coefficient (Wildman–Crippen LogP) is 3.63. The van der Waals surface area contributed by atoms with E-state index in [1.165, 1.54) is 5.56 Å². The van der Waals surface area contributed by atoms with E-state index in [9.17, 15) is 4.21 Å². The molecule has 0 spiro atoms. The number of likely N-dealkylation sites (tertiary alicyclic amines) is 1. The molecule has 5 nitrogen and oxygen atoms in total. The quantitative estimate of drug-likeness (QED) is 0.340. The number of rotatable bonds is 7. The second-order valence-electron chi connectivity index (χ2n) is 6.95. The first kappa shape index (κ1) is 23.7. The van der Waals surface area contributed by atoms with E-state index >= 15 is 0 Å². The van der Waals surface area contributed by atoms with Gasteiger partial charge in [-0.1, -0.05) is 42.5 Å². The van der Waals surface area contributed by atoms with Crippen molar-refractivity contribution in [1.29, 1.82) is 0 Å². The molecule has 0 saturated carbocycles. The third-order valence-electron chi connectivity index (χ3n) is 5.07. The minimum absolute atomic E-state index is 0. The molecule has 2 aromatic carbocycles. The summed E-state index contributed by atoms with van der Waals surface area (Å²) in [5.74, 6) is 3.50.